The van der Waals surface area contributed by atoms with Gasteiger partial charge in [-0.3, -0.25) is 9.48 Å². The van der Waals surface area contributed by atoms with Crippen LogP contribution in [0.2, 0.25) is 5.02 Å². The molecule has 1 heterocycles. The van der Waals surface area contributed by atoms with Gasteiger partial charge in [0.2, 0.25) is 0 Å². The summed E-state index contributed by atoms with van der Waals surface area (Å²) < 4.78 is 93.2. The zero-order chi connectivity index (χ0) is 27.7. The number of nitrogens with zero attached hydrogens (tertiary/aromatic N) is 2. The van der Waals surface area contributed by atoms with Gasteiger partial charge < -0.3 is 5.32 Å². The number of carbonyl (C=O) groups excluding carboxylic acids is 1. The van der Waals surface area contributed by atoms with E-state index in [1.807, 2.05) is 0 Å². The summed E-state index contributed by atoms with van der Waals surface area (Å²) in [6, 6.07) is 1.66. The molecule has 206 valence electrons. The number of aryl methyl sites for hydroxylation is 1. The first-order valence-corrected chi connectivity index (χ1v) is 14.2. The van der Waals surface area contributed by atoms with Crippen molar-refractivity contribution >= 4 is 27.3 Å². The summed E-state index contributed by atoms with van der Waals surface area (Å²) in [7, 11) is -3.11. The molecule has 1 atom stereocenters. The van der Waals surface area contributed by atoms with Crippen LogP contribution < -0.4 is 5.32 Å². The summed E-state index contributed by atoms with van der Waals surface area (Å²) in [6.45, 7) is 2.93. The lowest BCUT2D eigenvalue weighted by atomic mass is 9.89. The van der Waals surface area contributed by atoms with E-state index in [2.05, 4.69) is 10.4 Å². The number of alkyl halides is 3. The lowest BCUT2D eigenvalue weighted by molar-refractivity contribution is -0.169. The van der Waals surface area contributed by atoms with Crippen molar-refractivity contribution in [1.82, 2.24) is 15.1 Å². The summed E-state index contributed by atoms with van der Waals surface area (Å²) in [5, 5.41) is 6.15. The molecule has 1 aliphatic rings. The van der Waals surface area contributed by atoms with Crippen molar-refractivity contribution in [3.8, 4) is 11.3 Å². The van der Waals surface area contributed by atoms with Gasteiger partial charge in [-0.25, -0.2) is 17.2 Å². The average Bonchev–Trinajstić information content (AvgIpc) is 3.12. The SMILES string of the molecule is CCn1nc(C(=O)NCC2CCC(S(C)(=O)=O)CC2)c(Cl)c1-c1c(F)cc(C[C@H](C)C(F)(F)F)cc1F. The van der Waals surface area contributed by atoms with E-state index in [9.17, 15) is 35.2 Å². The highest BCUT2D eigenvalue weighted by Crippen LogP contribution is 2.36. The van der Waals surface area contributed by atoms with Gasteiger partial charge in [0.05, 0.1) is 27.4 Å². The molecule has 1 aromatic heterocycles. The van der Waals surface area contributed by atoms with Crippen LogP contribution in [0.25, 0.3) is 11.3 Å². The summed E-state index contributed by atoms with van der Waals surface area (Å²) in [6.07, 6.45) is -1.64. The second kappa shape index (κ2) is 11.3. The summed E-state index contributed by atoms with van der Waals surface area (Å²) in [4.78, 5) is 12.8. The monoisotopic (exact) mass is 569 g/mol. The Hall–Kier alpha value is -2.21. The molecular weight excluding hydrogens is 541 g/mol. The molecule has 1 fully saturated rings. The van der Waals surface area contributed by atoms with Crippen molar-refractivity contribution in [3.63, 3.8) is 0 Å². The highest BCUT2D eigenvalue weighted by Gasteiger charge is 2.36. The molecule has 1 N–H and O–H groups in total. The van der Waals surface area contributed by atoms with Crippen molar-refractivity contribution in [2.45, 2.75) is 63.9 Å². The zero-order valence-corrected chi connectivity index (χ0v) is 22.2. The van der Waals surface area contributed by atoms with E-state index in [-0.39, 0.29) is 46.2 Å². The number of amides is 1. The molecule has 37 heavy (non-hydrogen) atoms. The molecule has 1 aliphatic carbocycles. The zero-order valence-electron chi connectivity index (χ0n) is 20.6. The van der Waals surface area contributed by atoms with E-state index in [0.29, 0.717) is 25.7 Å². The Balaban J connectivity index is 1.79. The van der Waals surface area contributed by atoms with Crippen LogP contribution in [0.4, 0.5) is 22.0 Å². The summed E-state index contributed by atoms with van der Waals surface area (Å²) in [5.41, 5.74) is -1.17. The topological polar surface area (TPSA) is 81.1 Å². The Morgan fingerprint density at radius 2 is 1.76 bits per heavy atom. The minimum Gasteiger partial charge on any atom is -0.350 e. The Bertz CT molecular complexity index is 1230. The number of benzene rings is 1. The molecule has 1 amide bonds. The minimum absolute atomic E-state index is 0.0648. The predicted octanol–water partition coefficient (Wildman–Crippen LogP) is 5.58. The van der Waals surface area contributed by atoms with Gasteiger partial charge in [0.15, 0.2) is 5.69 Å². The molecular formula is C24H29ClF5N3O3S. The maximum absolute atomic E-state index is 15.0. The van der Waals surface area contributed by atoms with Gasteiger partial charge in [0.25, 0.3) is 5.91 Å². The minimum atomic E-state index is -4.51. The van der Waals surface area contributed by atoms with Crippen molar-refractivity contribution in [2.75, 3.05) is 12.8 Å². The van der Waals surface area contributed by atoms with Crippen LogP contribution in [0.5, 0.6) is 0 Å². The molecule has 3 rings (SSSR count). The van der Waals surface area contributed by atoms with Crippen LogP contribution in [-0.2, 0) is 22.8 Å². The number of aromatic nitrogens is 2. The van der Waals surface area contributed by atoms with E-state index < -0.39 is 51.5 Å². The number of hydrogen-bond donors (Lipinski definition) is 1. The Kier molecular flexibility index (Phi) is 8.94. The average molecular weight is 570 g/mol. The molecule has 6 nitrogen and oxygen atoms in total. The molecule has 13 heteroatoms. The Labute approximate surface area is 217 Å². The Morgan fingerprint density at radius 1 is 1.19 bits per heavy atom. The number of rotatable bonds is 8. The molecule has 0 radical (unpaired) electrons. The fourth-order valence-electron chi connectivity index (χ4n) is 4.58. The fourth-order valence-corrected chi connectivity index (χ4v) is 6.02. The Morgan fingerprint density at radius 3 is 2.24 bits per heavy atom. The van der Waals surface area contributed by atoms with Crippen LogP contribution in [0.3, 0.4) is 0 Å². The number of hydrogen-bond acceptors (Lipinski definition) is 4. The van der Waals surface area contributed by atoms with E-state index >= 15 is 0 Å². The lowest BCUT2D eigenvalue weighted by Gasteiger charge is -2.27. The van der Waals surface area contributed by atoms with Gasteiger partial charge in [-0.1, -0.05) is 18.5 Å². The van der Waals surface area contributed by atoms with E-state index in [0.717, 1.165) is 23.7 Å². The maximum Gasteiger partial charge on any atom is 0.391 e. The van der Waals surface area contributed by atoms with Crippen LogP contribution in [-0.4, -0.2) is 48.3 Å². The van der Waals surface area contributed by atoms with Crippen molar-refractivity contribution in [3.05, 3.63) is 40.0 Å². The van der Waals surface area contributed by atoms with Crippen molar-refractivity contribution in [1.29, 1.82) is 0 Å². The quantitative estimate of drug-likeness (QED) is 0.421. The predicted molar refractivity (Wildman–Crippen MR) is 130 cm³/mol. The normalized spacial score (nSPS) is 19.6. The number of carbonyl (C=O) groups is 1. The molecule has 0 aliphatic heterocycles. The summed E-state index contributed by atoms with van der Waals surface area (Å²) in [5.74, 6) is -4.61. The third-order valence-corrected chi connectivity index (χ3v) is 8.84. The maximum atomic E-state index is 15.0. The van der Waals surface area contributed by atoms with Crippen LogP contribution >= 0.6 is 11.6 Å². The third kappa shape index (κ3) is 6.81. The molecule has 0 bridgehead atoms. The van der Waals surface area contributed by atoms with E-state index in [1.165, 1.54) is 6.26 Å². The van der Waals surface area contributed by atoms with Gasteiger partial charge in [0.1, 0.15) is 21.5 Å². The van der Waals surface area contributed by atoms with E-state index in [1.54, 1.807) is 6.92 Å². The number of nitrogens with one attached hydrogen (secondary N) is 1. The number of halogens is 6. The molecule has 0 spiro atoms. The van der Waals surface area contributed by atoms with E-state index in [4.69, 9.17) is 11.6 Å². The molecule has 2 aromatic rings. The van der Waals surface area contributed by atoms with Gasteiger partial charge in [-0.2, -0.15) is 18.3 Å². The van der Waals surface area contributed by atoms with Crippen molar-refractivity contribution in [2.24, 2.45) is 11.8 Å². The lowest BCUT2D eigenvalue weighted by Crippen LogP contribution is -2.34. The number of sulfone groups is 1. The molecule has 1 aromatic carbocycles. The van der Waals surface area contributed by atoms with Crippen LogP contribution in [0, 0.1) is 23.5 Å². The molecule has 0 saturated heterocycles. The molecule has 1 saturated carbocycles. The highest BCUT2D eigenvalue weighted by molar-refractivity contribution is 7.91. The second-order valence-corrected chi connectivity index (χ2v) is 12.3. The molecule has 0 unspecified atom stereocenters. The van der Waals surface area contributed by atoms with Crippen LogP contribution in [0.15, 0.2) is 12.1 Å². The first-order valence-electron chi connectivity index (χ1n) is 11.9. The van der Waals surface area contributed by atoms with Crippen molar-refractivity contribution < 1.29 is 35.2 Å². The first kappa shape index (κ1) is 29.3. The smallest absolute Gasteiger partial charge is 0.350 e. The van der Waals surface area contributed by atoms with Gasteiger partial charge in [-0.15, -0.1) is 0 Å². The summed E-state index contributed by atoms with van der Waals surface area (Å²) >= 11 is 6.36. The van der Waals surface area contributed by atoms with Crippen LogP contribution in [0.1, 0.15) is 55.6 Å². The first-order chi connectivity index (χ1) is 17.1. The van der Waals surface area contributed by atoms with Gasteiger partial charge in [0, 0.05) is 19.3 Å². The fraction of sp³-hybridized carbons (Fsp3) is 0.583. The second-order valence-electron chi connectivity index (χ2n) is 9.59. The standard InChI is InChI=1S/C24H29ClF5N3O3S/c1-4-33-22(19-17(26)10-15(11-18(19)27)9-13(2)24(28,29)30)20(25)21(32-33)23(34)31-12-14-5-7-16(8-6-14)37(3,35)36/h10-11,13-14,16H,4-9,12H2,1-3H3,(H,31,34)/t13-,14?,16?/m0/s1. The van der Waals surface area contributed by atoms with Gasteiger partial charge in [-0.05, 0) is 62.6 Å². The van der Waals surface area contributed by atoms with Gasteiger partial charge >= 0.3 is 6.18 Å². The third-order valence-electron chi connectivity index (χ3n) is 6.80. The largest absolute Gasteiger partial charge is 0.391 e. The highest BCUT2D eigenvalue weighted by atomic mass is 35.5.